The minimum atomic E-state index is -0.476. The summed E-state index contributed by atoms with van der Waals surface area (Å²) in [6.45, 7) is 0.945. The number of aryl methyl sites for hydroxylation is 2. The molecule has 2 fully saturated rings. The normalized spacial score (nSPS) is 17.6. The van der Waals surface area contributed by atoms with Gasteiger partial charge in [0.2, 0.25) is 17.8 Å². The Labute approximate surface area is 290 Å². The number of fused-ring (bicyclic) bond motifs is 2. The molecule has 0 bridgehead atoms. The maximum absolute atomic E-state index is 12.8. The average Bonchev–Trinajstić information content (AvgIpc) is 3.70. The number of nitrogens with one attached hydrogen (secondary N) is 3. The molecule has 15 nitrogen and oxygen atoms in total. The van der Waals surface area contributed by atoms with Crippen molar-refractivity contribution in [3.05, 3.63) is 69.7 Å². The van der Waals surface area contributed by atoms with Gasteiger partial charge in [-0.15, -0.1) is 0 Å². The van der Waals surface area contributed by atoms with Crippen LogP contribution in [0.2, 0.25) is 5.02 Å². The summed E-state index contributed by atoms with van der Waals surface area (Å²) in [5.41, 5.74) is 2.49. The third-order valence-electron chi connectivity index (χ3n) is 8.97. The van der Waals surface area contributed by atoms with Crippen LogP contribution >= 0.6 is 11.6 Å². The second-order valence-corrected chi connectivity index (χ2v) is 12.7. The maximum Gasteiger partial charge on any atom is 0.293 e. The molecule has 0 spiro atoms. The first-order valence-electron chi connectivity index (χ1n) is 16.1. The van der Waals surface area contributed by atoms with Gasteiger partial charge in [0.05, 0.1) is 35.4 Å². The Morgan fingerprint density at radius 3 is 2.72 bits per heavy atom. The van der Waals surface area contributed by atoms with Crippen LogP contribution in [0.4, 0.5) is 17.5 Å². The van der Waals surface area contributed by atoms with Gasteiger partial charge in [-0.1, -0.05) is 11.6 Å². The van der Waals surface area contributed by atoms with E-state index in [9.17, 15) is 19.2 Å². The van der Waals surface area contributed by atoms with Crippen molar-refractivity contribution in [1.29, 1.82) is 0 Å². The summed E-state index contributed by atoms with van der Waals surface area (Å²) in [7, 11) is 4.96. The lowest BCUT2D eigenvalue weighted by atomic mass is 9.93. The van der Waals surface area contributed by atoms with Gasteiger partial charge in [0.25, 0.3) is 11.5 Å². The fraction of sp³-hybridized carbons (Fsp3) is 0.324. The molecule has 0 aliphatic carbocycles. The molecule has 2 saturated heterocycles. The van der Waals surface area contributed by atoms with Gasteiger partial charge in [-0.05, 0) is 42.8 Å². The average molecular weight is 700 g/mol. The van der Waals surface area contributed by atoms with Crippen LogP contribution in [0.5, 0.6) is 11.5 Å². The monoisotopic (exact) mass is 699 g/mol. The molecule has 16 heteroatoms. The third kappa shape index (κ3) is 6.39. The van der Waals surface area contributed by atoms with E-state index in [0.717, 1.165) is 17.3 Å². The highest BCUT2D eigenvalue weighted by molar-refractivity contribution is 6.33. The molecular formula is C34H34ClN9O6. The van der Waals surface area contributed by atoms with Crippen LogP contribution in [0.15, 0.2) is 53.5 Å². The number of hydrogen-bond acceptors (Lipinski definition) is 11. The number of benzene rings is 2. The van der Waals surface area contributed by atoms with E-state index in [4.69, 9.17) is 26.1 Å². The molecule has 1 unspecified atom stereocenters. The number of ether oxygens (including phenoxy) is 2. The zero-order valence-electron chi connectivity index (χ0n) is 27.5. The van der Waals surface area contributed by atoms with E-state index in [1.807, 2.05) is 42.3 Å². The Morgan fingerprint density at radius 1 is 1.08 bits per heavy atom. The second kappa shape index (κ2) is 13.3. The van der Waals surface area contributed by atoms with E-state index in [2.05, 4.69) is 26.0 Å². The van der Waals surface area contributed by atoms with Gasteiger partial charge in [-0.2, -0.15) is 10.1 Å². The summed E-state index contributed by atoms with van der Waals surface area (Å²) in [4.78, 5) is 59.8. The molecule has 5 aromatic rings. The van der Waals surface area contributed by atoms with Crippen LogP contribution in [0.1, 0.15) is 30.9 Å². The molecular weight excluding hydrogens is 666 g/mol. The molecule has 0 saturated carbocycles. The number of pyridine rings is 1. The summed E-state index contributed by atoms with van der Waals surface area (Å²) in [6, 6.07) is 12.8. The number of hydrogen-bond donors (Lipinski definition) is 3. The maximum atomic E-state index is 12.8. The van der Waals surface area contributed by atoms with Crippen molar-refractivity contribution < 1.29 is 23.9 Å². The van der Waals surface area contributed by atoms with Crippen molar-refractivity contribution in [3.63, 3.8) is 0 Å². The first kappa shape index (κ1) is 32.8. The van der Waals surface area contributed by atoms with E-state index in [0.29, 0.717) is 64.3 Å². The lowest BCUT2D eigenvalue weighted by Crippen LogP contribution is -2.39. The molecule has 3 N–H and O–H groups in total. The number of aromatic nitrogens is 5. The van der Waals surface area contributed by atoms with Crippen molar-refractivity contribution in [2.24, 2.45) is 14.1 Å². The van der Waals surface area contributed by atoms with E-state index in [1.165, 1.54) is 11.6 Å². The number of nitrogens with zero attached hydrogens (tertiary/aromatic N) is 6. The topological polar surface area (TPSA) is 175 Å². The summed E-state index contributed by atoms with van der Waals surface area (Å²) in [6.07, 6.45) is 2.88. The van der Waals surface area contributed by atoms with E-state index < -0.39 is 5.92 Å². The molecule has 3 aromatic heterocycles. The highest BCUT2D eigenvalue weighted by Gasteiger charge is 2.32. The lowest BCUT2D eigenvalue weighted by Gasteiger charge is -2.19. The Hall–Kier alpha value is -5.70. The predicted molar refractivity (Wildman–Crippen MR) is 186 cm³/mol. The molecule has 258 valence electrons. The van der Waals surface area contributed by atoms with Gasteiger partial charge >= 0.3 is 0 Å². The molecule has 7 rings (SSSR count). The number of amides is 3. The number of likely N-dealkylation sites (N-methyl/N-ethyl adjacent to an activating group) is 1. The number of carbonyl (C=O) groups excluding carboxylic acids is 3. The van der Waals surface area contributed by atoms with Gasteiger partial charge in [-0.25, -0.2) is 4.98 Å². The fourth-order valence-electron chi connectivity index (χ4n) is 6.33. The number of anilines is 3. The summed E-state index contributed by atoms with van der Waals surface area (Å²) in [5, 5.41) is 14.7. The highest BCUT2D eigenvalue weighted by atomic mass is 35.5. The second-order valence-electron chi connectivity index (χ2n) is 12.3. The standard InChI is InChI=1S/C34H34ClN9O6/c1-36-29(46)17-49-27-13-18-12-19(4-8-25(18)42(2)33(27)48)38-31-24(35)15-37-34(40-31)44-11-10-21(16-44)50-20-5-6-22-26(14-20)43(3)41-30(22)23-7-9-28(45)39-32(23)47/h4-6,8,12-15,21,23H,7,9-11,16-17H2,1-3H3,(H,36,46)(H,37,38,40)(H,39,45,47)/t21-,23?/m0/s1. The van der Waals surface area contributed by atoms with Crippen LogP contribution in [0.3, 0.4) is 0 Å². The fourth-order valence-corrected chi connectivity index (χ4v) is 6.47. The summed E-state index contributed by atoms with van der Waals surface area (Å²) >= 11 is 6.51. The van der Waals surface area contributed by atoms with Crippen molar-refractivity contribution in [3.8, 4) is 11.5 Å². The quantitative estimate of drug-likeness (QED) is 0.193. The first-order valence-corrected chi connectivity index (χ1v) is 16.4. The minimum Gasteiger partial charge on any atom is -0.488 e. The van der Waals surface area contributed by atoms with Crippen molar-refractivity contribution >= 4 is 68.6 Å². The summed E-state index contributed by atoms with van der Waals surface area (Å²) < 4.78 is 15.1. The Balaban J connectivity index is 1.04. The summed E-state index contributed by atoms with van der Waals surface area (Å²) in [5.74, 6) is 0.244. The van der Waals surface area contributed by atoms with Gasteiger partial charge < -0.3 is 29.6 Å². The van der Waals surface area contributed by atoms with Crippen LogP contribution in [-0.2, 0) is 28.5 Å². The SMILES string of the molecule is CNC(=O)COc1cc2cc(Nc3nc(N4CC[C@H](Oc5ccc6c(C7CCC(=O)NC7=O)nn(C)c6c5)C4)ncc3Cl)ccc2n(C)c1=O. The first-order chi connectivity index (χ1) is 24.1. The molecule has 3 amide bonds. The van der Waals surface area contributed by atoms with Gasteiger partial charge in [-0.3, -0.25) is 29.2 Å². The number of halogens is 1. The molecule has 0 radical (unpaired) electrons. The van der Waals surface area contributed by atoms with Crippen molar-refractivity contribution in [2.75, 3.05) is 37.0 Å². The van der Waals surface area contributed by atoms with Crippen LogP contribution < -0.4 is 35.9 Å². The number of imide groups is 1. The van der Waals surface area contributed by atoms with E-state index in [-0.39, 0.29) is 48.2 Å². The molecule has 50 heavy (non-hydrogen) atoms. The lowest BCUT2D eigenvalue weighted by molar-refractivity contribution is -0.134. The van der Waals surface area contributed by atoms with Gasteiger partial charge in [0.1, 0.15) is 16.9 Å². The Bertz CT molecular complexity index is 2230. The number of carbonyl (C=O) groups is 3. The van der Waals surface area contributed by atoms with E-state index in [1.54, 1.807) is 30.1 Å². The third-order valence-corrected chi connectivity index (χ3v) is 9.25. The van der Waals surface area contributed by atoms with Crippen molar-refractivity contribution in [2.45, 2.75) is 31.3 Å². The molecule has 2 aromatic carbocycles. The Kier molecular flexibility index (Phi) is 8.74. The smallest absolute Gasteiger partial charge is 0.293 e. The molecule has 2 atom stereocenters. The zero-order valence-corrected chi connectivity index (χ0v) is 28.3. The Morgan fingerprint density at radius 2 is 1.92 bits per heavy atom. The largest absolute Gasteiger partial charge is 0.488 e. The number of piperidine rings is 1. The van der Waals surface area contributed by atoms with Gasteiger partial charge in [0.15, 0.2) is 18.2 Å². The molecule has 2 aliphatic rings. The predicted octanol–water partition coefficient (Wildman–Crippen LogP) is 2.91. The van der Waals surface area contributed by atoms with Crippen LogP contribution in [0.25, 0.3) is 21.8 Å². The zero-order chi connectivity index (χ0) is 35.1. The molecule has 2 aliphatic heterocycles. The number of rotatable bonds is 9. The highest BCUT2D eigenvalue weighted by Crippen LogP contribution is 2.33. The minimum absolute atomic E-state index is 0.0612. The van der Waals surface area contributed by atoms with Crippen molar-refractivity contribution in [1.82, 2.24) is 34.9 Å². The van der Waals surface area contributed by atoms with Gasteiger partial charge in [0, 0.05) is 63.1 Å². The molecule has 5 heterocycles. The van der Waals surface area contributed by atoms with E-state index >= 15 is 0 Å². The van der Waals surface area contributed by atoms with Crippen LogP contribution in [0, 0.1) is 0 Å². The van der Waals surface area contributed by atoms with Crippen LogP contribution in [-0.4, -0.2) is 74.9 Å².